The molecule has 0 fully saturated rings. The Morgan fingerprint density at radius 3 is 0.936 bits per heavy atom. The van der Waals surface area contributed by atoms with Crippen LogP contribution in [0.2, 0.25) is 0 Å². The van der Waals surface area contributed by atoms with Crippen LogP contribution in [0.5, 0.6) is 0 Å². The van der Waals surface area contributed by atoms with Gasteiger partial charge in [0.2, 0.25) is 5.91 Å². The Balaban J connectivity index is -0.000000320. The van der Waals surface area contributed by atoms with Crippen molar-refractivity contribution in [2.45, 2.75) is 220 Å². The van der Waals surface area contributed by atoms with Gasteiger partial charge in [0.25, 0.3) is 11.9 Å². The van der Waals surface area contributed by atoms with Crippen LogP contribution in [0.15, 0.2) is 12.2 Å². The van der Waals surface area contributed by atoms with Crippen molar-refractivity contribution in [2.75, 3.05) is 6.54 Å². The Morgan fingerprint density at radius 1 is 0.447 bits per heavy atom. The third kappa shape index (κ3) is 80.8. The second-order valence-electron chi connectivity index (χ2n) is 12.9. The second kappa shape index (κ2) is 51.0. The highest BCUT2D eigenvalue weighted by molar-refractivity contribution is 5.73. The van der Waals surface area contributed by atoms with Crippen LogP contribution in [0.1, 0.15) is 220 Å². The summed E-state index contributed by atoms with van der Waals surface area (Å²) in [5.74, 6) is -1.83. The number of carboxylic acid groups (broad SMARTS) is 2. The van der Waals surface area contributed by atoms with Gasteiger partial charge in [-0.1, -0.05) is 174 Å². The number of carboxylic acids is 2. The number of hydrogen-bond acceptors (Lipinski definition) is 4. The summed E-state index contributed by atoms with van der Waals surface area (Å²) in [5, 5.41) is 14.8. The number of allylic oxidation sites excluding steroid dienone is 2. The summed E-state index contributed by atoms with van der Waals surface area (Å²) >= 11 is 0. The summed E-state index contributed by atoms with van der Waals surface area (Å²) in [7, 11) is 0. The summed E-state index contributed by atoms with van der Waals surface area (Å²) < 4.78 is 0. The number of rotatable bonds is 31. The van der Waals surface area contributed by atoms with Gasteiger partial charge in [-0.15, -0.1) is 0 Å². The molecule has 6 N–H and O–H groups in total. The molecule has 0 aromatic heterocycles. The number of nitrogens with two attached hydrogens (primary N) is 2. The van der Waals surface area contributed by atoms with Crippen LogP contribution in [0.4, 0.5) is 0 Å². The number of amides is 1. The first kappa shape index (κ1) is 51.9. The average Bonchev–Trinajstić information content (AvgIpc) is 3.01. The van der Waals surface area contributed by atoms with E-state index >= 15 is 0 Å². The molecule has 0 heterocycles. The minimum atomic E-state index is -0.833. The quantitative estimate of drug-likeness (QED) is 0.0427. The van der Waals surface area contributed by atoms with Gasteiger partial charge in [-0.25, -0.2) is 0 Å². The lowest BCUT2D eigenvalue weighted by molar-refractivity contribution is -0.135. The molecule has 0 aliphatic rings. The largest absolute Gasteiger partial charge is 0.481 e. The standard InChI is InChI=1S/C18H35NO.C18H39N.2C2H4O2/c1-2-3-4-5-6-7-8-9-10-11-12-13-14-15-16-17-18(19)20;1-2-3-4-5-6-7-8-9-10-11-12-13-14-15-16-17-18-19;2*1-2(3)4/h9-10H,2-8,11-17H2,1H3,(H2,19,20);2-19H2,1H3;2*1H3,(H,3,4). The first-order chi connectivity index (χ1) is 22.6. The van der Waals surface area contributed by atoms with Crippen LogP contribution in [-0.4, -0.2) is 34.6 Å². The SMILES string of the molecule is CC(=O)O.CC(=O)O.CCCCCCCCC=CCCCCCCCC(N)=O.CCCCCCCCCCCCCCCCCCN. The van der Waals surface area contributed by atoms with Gasteiger partial charge >= 0.3 is 0 Å². The molecule has 7 heteroatoms. The molecule has 1 amide bonds. The zero-order chi connectivity index (χ0) is 36.1. The van der Waals surface area contributed by atoms with Crippen molar-refractivity contribution >= 4 is 17.8 Å². The third-order valence-corrected chi connectivity index (χ3v) is 7.74. The number of unbranched alkanes of at least 4 members (excludes halogenated alkanes) is 26. The molecular formula is C40H82N2O5. The summed E-state index contributed by atoms with van der Waals surface area (Å²) in [6, 6.07) is 0. The topological polar surface area (TPSA) is 144 Å². The lowest BCUT2D eigenvalue weighted by atomic mass is 10.0. The van der Waals surface area contributed by atoms with E-state index in [4.69, 9.17) is 31.3 Å². The van der Waals surface area contributed by atoms with Gasteiger partial charge in [0.15, 0.2) is 0 Å². The van der Waals surface area contributed by atoms with Crippen molar-refractivity contribution in [2.24, 2.45) is 11.5 Å². The van der Waals surface area contributed by atoms with Gasteiger partial charge in [0, 0.05) is 20.3 Å². The van der Waals surface area contributed by atoms with Gasteiger partial charge in [-0.05, 0) is 45.1 Å². The molecule has 0 aromatic rings. The van der Waals surface area contributed by atoms with Crippen LogP contribution in [-0.2, 0) is 14.4 Å². The fourth-order valence-corrected chi connectivity index (χ4v) is 5.06. The van der Waals surface area contributed by atoms with Gasteiger partial charge in [-0.2, -0.15) is 0 Å². The molecule has 0 spiro atoms. The molecule has 0 aliphatic heterocycles. The number of primary amides is 1. The van der Waals surface area contributed by atoms with E-state index in [9.17, 15) is 4.79 Å². The maximum Gasteiger partial charge on any atom is 0.300 e. The molecule has 0 rings (SSSR count). The molecule has 0 saturated heterocycles. The highest BCUT2D eigenvalue weighted by atomic mass is 16.4. The van der Waals surface area contributed by atoms with Crippen molar-refractivity contribution in [1.82, 2.24) is 0 Å². The molecule has 7 nitrogen and oxygen atoms in total. The zero-order valence-electron chi connectivity index (χ0n) is 31.8. The van der Waals surface area contributed by atoms with E-state index in [1.54, 1.807) is 0 Å². The highest BCUT2D eigenvalue weighted by Gasteiger charge is 1.95. The maximum absolute atomic E-state index is 10.5. The Morgan fingerprint density at radius 2 is 0.681 bits per heavy atom. The first-order valence-electron chi connectivity index (χ1n) is 19.7. The molecule has 0 aliphatic carbocycles. The van der Waals surface area contributed by atoms with Crippen LogP contribution < -0.4 is 11.5 Å². The molecule has 282 valence electrons. The lowest BCUT2D eigenvalue weighted by Gasteiger charge is -2.03. The van der Waals surface area contributed by atoms with E-state index in [0.717, 1.165) is 33.2 Å². The summed E-state index contributed by atoms with van der Waals surface area (Å²) in [6.07, 6.45) is 44.8. The molecule has 0 radical (unpaired) electrons. The fourth-order valence-electron chi connectivity index (χ4n) is 5.06. The normalized spacial score (nSPS) is 10.3. The Labute approximate surface area is 292 Å². The van der Waals surface area contributed by atoms with Gasteiger partial charge < -0.3 is 21.7 Å². The van der Waals surface area contributed by atoms with Crippen LogP contribution >= 0.6 is 0 Å². The minimum absolute atomic E-state index is 0.164. The van der Waals surface area contributed by atoms with E-state index in [2.05, 4.69) is 26.0 Å². The van der Waals surface area contributed by atoms with Gasteiger partial charge in [0.05, 0.1) is 0 Å². The smallest absolute Gasteiger partial charge is 0.300 e. The Kier molecular flexibility index (Phi) is 56.3. The number of aliphatic carboxylic acids is 2. The van der Waals surface area contributed by atoms with E-state index in [-0.39, 0.29) is 5.91 Å². The molecule has 47 heavy (non-hydrogen) atoms. The Hall–Kier alpha value is -1.89. The number of carbonyl (C=O) groups is 3. The summed E-state index contributed by atoms with van der Waals surface area (Å²) in [5.41, 5.74) is 10.6. The predicted octanol–water partition coefficient (Wildman–Crippen LogP) is 11.9. The molecule has 0 unspecified atom stereocenters. The van der Waals surface area contributed by atoms with Crippen molar-refractivity contribution in [3.8, 4) is 0 Å². The zero-order valence-corrected chi connectivity index (χ0v) is 31.8. The highest BCUT2D eigenvalue weighted by Crippen LogP contribution is 2.14. The minimum Gasteiger partial charge on any atom is -0.481 e. The van der Waals surface area contributed by atoms with Crippen molar-refractivity contribution in [3.05, 3.63) is 12.2 Å². The van der Waals surface area contributed by atoms with Crippen LogP contribution in [0, 0.1) is 0 Å². The van der Waals surface area contributed by atoms with Crippen molar-refractivity contribution < 1.29 is 24.6 Å². The number of carbonyl (C=O) groups excluding carboxylic acids is 1. The van der Waals surface area contributed by atoms with Gasteiger partial charge in [0.1, 0.15) is 0 Å². The summed E-state index contributed by atoms with van der Waals surface area (Å²) in [4.78, 5) is 28.5. The third-order valence-electron chi connectivity index (χ3n) is 7.74. The van der Waals surface area contributed by atoms with E-state index in [1.165, 1.54) is 173 Å². The molecule has 0 aromatic carbocycles. The molecule has 0 atom stereocenters. The predicted molar refractivity (Wildman–Crippen MR) is 204 cm³/mol. The van der Waals surface area contributed by atoms with E-state index in [1.807, 2.05) is 0 Å². The fraction of sp³-hybridized carbons (Fsp3) is 0.875. The van der Waals surface area contributed by atoms with Crippen LogP contribution in [0.3, 0.4) is 0 Å². The lowest BCUT2D eigenvalue weighted by Crippen LogP contribution is -2.09. The Bertz CT molecular complexity index is 604. The van der Waals surface area contributed by atoms with Crippen molar-refractivity contribution in [1.29, 1.82) is 0 Å². The molecule has 0 bridgehead atoms. The van der Waals surface area contributed by atoms with Gasteiger partial charge in [-0.3, -0.25) is 14.4 Å². The molecule has 0 saturated carbocycles. The maximum atomic E-state index is 10.5. The monoisotopic (exact) mass is 671 g/mol. The second-order valence-corrected chi connectivity index (χ2v) is 12.9. The molecular weight excluding hydrogens is 588 g/mol. The number of hydrogen-bond donors (Lipinski definition) is 4. The van der Waals surface area contributed by atoms with E-state index in [0.29, 0.717) is 6.42 Å². The first-order valence-corrected chi connectivity index (χ1v) is 19.7. The van der Waals surface area contributed by atoms with Crippen molar-refractivity contribution in [3.63, 3.8) is 0 Å². The average molecular weight is 671 g/mol. The summed E-state index contributed by atoms with van der Waals surface area (Å²) in [6.45, 7) is 7.59. The van der Waals surface area contributed by atoms with E-state index < -0.39 is 11.9 Å². The van der Waals surface area contributed by atoms with Crippen LogP contribution in [0.25, 0.3) is 0 Å².